The van der Waals surface area contributed by atoms with Crippen LogP contribution in [-0.4, -0.2) is 46.7 Å². The van der Waals surface area contributed by atoms with Crippen LogP contribution in [0.4, 0.5) is 0 Å². The maximum atomic E-state index is 11.5. The molecule has 2 aromatic carbocycles. The van der Waals surface area contributed by atoms with Crippen LogP contribution >= 0.6 is 23.2 Å². The van der Waals surface area contributed by atoms with E-state index in [1.54, 1.807) is 13.3 Å². The molecule has 4 heterocycles. The molecule has 47 heavy (non-hydrogen) atoms. The molecule has 0 unspecified atom stereocenters. The topological polar surface area (TPSA) is 93.1 Å². The maximum absolute atomic E-state index is 11.5. The highest BCUT2D eigenvalue weighted by Gasteiger charge is 2.21. The lowest BCUT2D eigenvalue weighted by Gasteiger charge is -2.15. The molecule has 0 bridgehead atoms. The first-order valence-corrected chi connectivity index (χ1v) is 16.8. The number of amides is 1. The minimum absolute atomic E-state index is 0.108. The number of carbonyl (C=O) groups is 1. The van der Waals surface area contributed by atoms with Crippen molar-refractivity contribution in [1.82, 2.24) is 30.5 Å². The van der Waals surface area contributed by atoms with Crippen LogP contribution in [0.15, 0.2) is 67.0 Å². The van der Waals surface area contributed by atoms with Gasteiger partial charge in [0.1, 0.15) is 0 Å². The highest BCUT2D eigenvalue weighted by atomic mass is 35.5. The van der Waals surface area contributed by atoms with Gasteiger partial charge in [0.05, 0.1) is 28.5 Å². The molecular weight excluding hydrogens is 631 g/mol. The third kappa shape index (κ3) is 7.16. The van der Waals surface area contributed by atoms with E-state index in [1.165, 1.54) is 10.9 Å². The third-order valence-corrected chi connectivity index (χ3v) is 9.38. The third-order valence-electron chi connectivity index (χ3n) is 8.59. The van der Waals surface area contributed by atoms with E-state index < -0.39 is 0 Å². The number of hydrogen-bond donors (Lipinski definition) is 3. The summed E-state index contributed by atoms with van der Waals surface area (Å²) in [4.78, 5) is 21.0. The number of nitrogens with one attached hydrogen (secondary N) is 3. The van der Waals surface area contributed by atoms with Gasteiger partial charge in [-0.05, 0) is 42.6 Å². The molecule has 1 aliphatic heterocycles. The summed E-state index contributed by atoms with van der Waals surface area (Å²) >= 11 is 14.2. The smallest absolute Gasteiger partial charge is 0.220 e. The van der Waals surface area contributed by atoms with Gasteiger partial charge in [0.25, 0.3) is 0 Å². The number of aromatic nitrogens is 3. The monoisotopic (exact) mass is 670 g/mol. The average Bonchev–Trinajstić information content (AvgIpc) is 3.62. The predicted molar refractivity (Wildman–Crippen MR) is 191 cm³/mol. The summed E-state index contributed by atoms with van der Waals surface area (Å²) in [6, 6.07) is 18.2. The largest absolute Gasteiger partial charge is 0.481 e. The van der Waals surface area contributed by atoms with E-state index in [9.17, 15) is 4.79 Å². The van der Waals surface area contributed by atoms with Gasteiger partial charge in [-0.1, -0.05) is 73.4 Å². The standard InChI is InChI=1S/C37H40Cl2N6O2/c1-22(2)17-40-19-25-21-45(3)32-16-23(8-11-27(25)32)36-35(39)29(14-15-42-36)28-6-5-7-30(34(28)38)31-12-9-24(37(44-31)47-4)18-41-20-26-10-13-33(46)43-26/h5-9,11-12,14-16,21-22,26,40-41H,10,13,17-20H2,1-4H3,(H,43,46)/t26-/m1/s1. The number of benzene rings is 2. The Balaban J connectivity index is 1.26. The molecule has 3 aromatic heterocycles. The number of ether oxygens (including phenoxy) is 1. The van der Waals surface area contributed by atoms with Gasteiger partial charge in [-0.2, -0.15) is 0 Å². The van der Waals surface area contributed by atoms with Crippen LogP contribution < -0.4 is 20.7 Å². The second kappa shape index (κ2) is 14.4. The number of carbonyl (C=O) groups excluding carboxylic acids is 1. The van der Waals surface area contributed by atoms with Crippen molar-refractivity contribution in [2.75, 3.05) is 20.2 Å². The van der Waals surface area contributed by atoms with Crippen molar-refractivity contribution in [2.24, 2.45) is 13.0 Å². The highest BCUT2D eigenvalue weighted by molar-refractivity contribution is 6.39. The highest BCUT2D eigenvalue weighted by Crippen LogP contribution is 2.42. The van der Waals surface area contributed by atoms with Crippen LogP contribution in [0.2, 0.25) is 10.0 Å². The molecule has 0 spiro atoms. The molecule has 6 rings (SSSR count). The second-order valence-electron chi connectivity index (χ2n) is 12.5. The SMILES string of the molecule is COc1nc(-c2cccc(-c3ccnc(-c4ccc5c(CNCC(C)C)cn(C)c5c4)c3Cl)c2Cl)ccc1CNC[C@H]1CCC(=O)N1. The zero-order chi connectivity index (χ0) is 33.1. The van der Waals surface area contributed by atoms with E-state index in [-0.39, 0.29) is 11.9 Å². The fourth-order valence-electron chi connectivity index (χ4n) is 6.18. The molecule has 1 aliphatic rings. The van der Waals surface area contributed by atoms with Crippen molar-refractivity contribution in [1.29, 1.82) is 0 Å². The molecule has 0 radical (unpaired) electrons. The molecular formula is C37H40Cl2N6O2. The summed E-state index contributed by atoms with van der Waals surface area (Å²) in [7, 11) is 3.68. The number of methoxy groups -OCH3 is 1. The van der Waals surface area contributed by atoms with Crippen molar-refractivity contribution in [3.8, 4) is 39.5 Å². The Labute approximate surface area is 285 Å². The van der Waals surface area contributed by atoms with Crippen LogP contribution in [0.3, 0.4) is 0 Å². The number of halogens is 2. The molecule has 1 atom stereocenters. The van der Waals surface area contributed by atoms with Crippen molar-refractivity contribution < 1.29 is 9.53 Å². The molecule has 8 nitrogen and oxygen atoms in total. The Morgan fingerprint density at radius 3 is 2.55 bits per heavy atom. The maximum Gasteiger partial charge on any atom is 0.220 e. The van der Waals surface area contributed by atoms with Gasteiger partial charge in [-0.3, -0.25) is 9.78 Å². The number of pyridine rings is 2. The first kappa shape index (κ1) is 33.0. The van der Waals surface area contributed by atoms with E-state index >= 15 is 0 Å². The zero-order valence-corrected chi connectivity index (χ0v) is 28.7. The van der Waals surface area contributed by atoms with E-state index in [0.29, 0.717) is 52.7 Å². The van der Waals surface area contributed by atoms with Crippen molar-refractivity contribution >= 4 is 40.0 Å². The van der Waals surface area contributed by atoms with Gasteiger partial charge in [0.2, 0.25) is 11.8 Å². The molecule has 1 amide bonds. The minimum Gasteiger partial charge on any atom is -0.481 e. The first-order valence-electron chi connectivity index (χ1n) is 16.0. The summed E-state index contributed by atoms with van der Waals surface area (Å²) < 4.78 is 7.81. The molecule has 5 aromatic rings. The summed E-state index contributed by atoms with van der Waals surface area (Å²) in [6.07, 6.45) is 5.38. The van der Waals surface area contributed by atoms with Crippen LogP contribution in [0, 0.1) is 5.92 Å². The van der Waals surface area contributed by atoms with Crippen molar-refractivity contribution in [2.45, 2.75) is 45.8 Å². The van der Waals surface area contributed by atoms with Crippen LogP contribution in [0.5, 0.6) is 5.88 Å². The molecule has 3 N–H and O–H groups in total. The van der Waals surface area contributed by atoms with E-state index in [0.717, 1.165) is 52.8 Å². The van der Waals surface area contributed by atoms with E-state index in [1.807, 2.05) is 36.4 Å². The van der Waals surface area contributed by atoms with Crippen molar-refractivity contribution in [3.05, 3.63) is 88.2 Å². The Morgan fingerprint density at radius 2 is 1.79 bits per heavy atom. The normalized spacial score (nSPS) is 14.7. The van der Waals surface area contributed by atoms with Gasteiger partial charge in [-0.15, -0.1) is 0 Å². The number of aryl methyl sites for hydroxylation is 1. The molecule has 0 aliphatic carbocycles. The lowest BCUT2D eigenvalue weighted by atomic mass is 9.99. The minimum atomic E-state index is 0.108. The fraction of sp³-hybridized carbons (Fsp3) is 0.324. The Hall–Kier alpha value is -3.95. The second-order valence-corrected chi connectivity index (χ2v) is 13.3. The molecule has 1 saturated heterocycles. The Morgan fingerprint density at radius 1 is 1.00 bits per heavy atom. The lowest BCUT2D eigenvalue weighted by Crippen LogP contribution is -2.35. The Kier molecular flexibility index (Phi) is 10.1. The lowest BCUT2D eigenvalue weighted by molar-refractivity contribution is -0.119. The quantitative estimate of drug-likeness (QED) is 0.128. The molecule has 244 valence electrons. The van der Waals surface area contributed by atoms with Crippen LogP contribution in [0.1, 0.15) is 37.8 Å². The van der Waals surface area contributed by atoms with Gasteiger partial charge < -0.3 is 25.3 Å². The van der Waals surface area contributed by atoms with Crippen LogP contribution in [0.25, 0.3) is 44.5 Å². The molecule has 10 heteroatoms. The van der Waals surface area contributed by atoms with E-state index in [2.05, 4.69) is 65.8 Å². The molecule has 1 fully saturated rings. The van der Waals surface area contributed by atoms with Crippen LogP contribution in [-0.2, 0) is 24.9 Å². The van der Waals surface area contributed by atoms with Gasteiger partial charge in [0.15, 0.2) is 0 Å². The molecule has 0 saturated carbocycles. The predicted octanol–water partition coefficient (Wildman–Crippen LogP) is 7.40. The van der Waals surface area contributed by atoms with E-state index in [4.69, 9.17) is 37.9 Å². The number of rotatable bonds is 12. The Bertz CT molecular complexity index is 1920. The summed E-state index contributed by atoms with van der Waals surface area (Å²) in [5.74, 6) is 1.22. The number of nitrogens with zero attached hydrogens (tertiary/aromatic N) is 3. The number of fused-ring (bicyclic) bond motifs is 1. The van der Waals surface area contributed by atoms with Gasteiger partial charge in [0, 0.05) is 90.3 Å². The van der Waals surface area contributed by atoms with Gasteiger partial charge >= 0.3 is 0 Å². The van der Waals surface area contributed by atoms with Gasteiger partial charge in [-0.25, -0.2) is 4.98 Å². The number of hydrogen-bond acceptors (Lipinski definition) is 6. The first-order chi connectivity index (χ1) is 22.7. The van der Waals surface area contributed by atoms with Crippen molar-refractivity contribution in [3.63, 3.8) is 0 Å². The average molecular weight is 672 g/mol. The summed E-state index contributed by atoms with van der Waals surface area (Å²) in [6.45, 7) is 7.47. The zero-order valence-electron chi connectivity index (χ0n) is 27.2. The fourth-order valence-corrected chi connectivity index (χ4v) is 6.83. The summed E-state index contributed by atoms with van der Waals surface area (Å²) in [5, 5.41) is 12.2. The summed E-state index contributed by atoms with van der Waals surface area (Å²) in [5.41, 5.74) is 7.99.